The highest BCUT2D eigenvalue weighted by molar-refractivity contribution is 7.08. The molecule has 0 atom stereocenters. The molecule has 5 heterocycles. The van der Waals surface area contributed by atoms with Crippen LogP contribution in [0, 0.1) is 6.92 Å². The van der Waals surface area contributed by atoms with Crippen LogP contribution >= 0.6 is 22.7 Å². The fourth-order valence-electron chi connectivity index (χ4n) is 6.17. The van der Waals surface area contributed by atoms with Gasteiger partial charge in [-0.2, -0.15) is 0 Å². The number of thiophene rings is 2. The number of benzene rings is 3. The van der Waals surface area contributed by atoms with Crippen LogP contribution in [0.3, 0.4) is 0 Å². The first-order chi connectivity index (χ1) is 23.6. The molecule has 8 rings (SSSR count). The number of aromatic amines is 1. The molecule has 0 saturated carbocycles. The summed E-state index contributed by atoms with van der Waals surface area (Å²) in [6.45, 7) is 2.12. The van der Waals surface area contributed by atoms with E-state index < -0.39 is 0 Å². The molecule has 6 heteroatoms. The molecule has 6 aromatic rings. The van der Waals surface area contributed by atoms with Crippen molar-refractivity contribution in [2.45, 2.75) is 6.92 Å². The predicted molar refractivity (Wildman–Crippen MR) is 201 cm³/mol. The number of methoxy groups -OCH3 is 2. The monoisotopic (exact) mass is 660 g/mol. The highest BCUT2D eigenvalue weighted by atomic mass is 32.1. The zero-order valence-corrected chi connectivity index (χ0v) is 28.4. The van der Waals surface area contributed by atoms with E-state index in [0.29, 0.717) is 0 Å². The van der Waals surface area contributed by atoms with Crippen molar-refractivity contribution in [2.24, 2.45) is 4.99 Å². The number of hydrogen-bond acceptors (Lipinski definition) is 5. The van der Waals surface area contributed by atoms with Gasteiger partial charge in [0.05, 0.1) is 25.6 Å². The van der Waals surface area contributed by atoms with Gasteiger partial charge >= 0.3 is 0 Å². The zero-order valence-electron chi connectivity index (χ0n) is 26.8. The lowest BCUT2D eigenvalue weighted by atomic mass is 9.99. The van der Waals surface area contributed by atoms with Gasteiger partial charge in [-0.25, -0.2) is 4.99 Å². The van der Waals surface area contributed by atoms with Crippen molar-refractivity contribution in [1.82, 2.24) is 4.98 Å². The summed E-state index contributed by atoms with van der Waals surface area (Å²) in [5, 5.41) is 0. The standard InChI is InChI=1S/C42H32N2O2S2/c1-26-4-6-27(7-5-26)40-34-20-22-36(43-34)41(28-8-12-30(45-2)13-9-28)38-24-18-32(47-38)16-17-33-19-25-39(48-33)42(37-23-21-35(40)44-37)29-10-14-31(46-3)15-11-29/h4-25,43H,1-3H3/b17-16?,32-16-,33-17-,40-34?,40-35-,41-36?,41-38-,42-37?,42-39-. The fourth-order valence-corrected chi connectivity index (χ4v) is 8.15. The van der Waals surface area contributed by atoms with Gasteiger partial charge in [-0.1, -0.05) is 54.1 Å². The van der Waals surface area contributed by atoms with E-state index in [1.54, 1.807) is 36.9 Å². The number of aryl methyl sites for hydroxylation is 1. The Bertz CT molecular complexity index is 2500. The van der Waals surface area contributed by atoms with Gasteiger partial charge in [-0.05, 0) is 109 Å². The Morgan fingerprint density at radius 1 is 0.521 bits per heavy atom. The minimum atomic E-state index is 0.827. The molecular weight excluding hydrogens is 629 g/mol. The molecule has 3 aromatic heterocycles. The maximum atomic E-state index is 5.49. The molecule has 0 unspecified atom stereocenters. The largest absolute Gasteiger partial charge is 0.497 e. The number of allylic oxidation sites excluding steroid dienone is 2. The molecule has 4 nitrogen and oxygen atoms in total. The summed E-state index contributed by atoms with van der Waals surface area (Å²) in [5.74, 6) is 1.66. The second-order valence-corrected chi connectivity index (χ2v) is 13.9. The number of rotatable bonds is 5. The topological polar surface area (TPSA) is 46.6 Å². The zero-order chi connectivity index (χ0) is 32.6. The molecule has 0 spiro atoms. The van der Waals surface area contributed by atoms with E-state index >= 15 is 0 Å². The Morgan fingerprint density at radius 2 is 1.02 bits per heavy atom. The number of aromatic nitrogens is 1. The van der Waals surface area contributed by atoms with Crippen LogP contribution in [0.5, 0.6) is 11.5 Å². The number of ether oxygens (including phenoxy) is 2. The second-order valence-electron chi connectivity index (χ2n) is 11.7. The second kappa shape index (κ2) is 12.6. The Hall–Kier alpha value is -5.43. The summed E-state index contributed by atoms with van der Waals surface area (Å²) in [4.78, 5) is 9.18. The third-order valence-electron chi connectivity index (χ3n) is 8.63. The van der Waals surface area contributed by atoms with Gasteiger partial charge in [0.15, 0.2) is 0 Å². The van der Waals surface area contributed by atoms with Crippen molar-refractivity contribution < 1.29 is 9.47 Å². The van der Waals surface area contributed by atoms with Crippen molar-refractivity contribution >= 4 is 57.3 Å². The van der Waals surface area contributed by atoms with E-state index in [0.717, 1.165) is 72.2 Å². The molecule has 8 bridgehead atoms. The molecule has 0 radical (unpaired) electrons. The van der Waals surface area contributed by atoms with E-state index in [-0.39, 0.29) is 0 Å². The van der Waals surface area contributed by atoms with Crippen molar-refractivity contribution in [3.63, 3.8) is 0 Å². The van der Waals surface area contributed by atoms with E-state index in [1.807, 2.05) is 24.3 Å². The molecule has 234 valence electrons. The van der Waals surface area contributed by atoms with Gasteiger partial charge in [0.2, 0.25) is 0 Å². The SMILES string of the molecule is COc1ccc(/C2=c3\cc/c(s3)=C/C=c3/cc/c(s3)=C(\c3ccc(OC)cc3)c3ccc([nH]3)/C(c3ccc(C)cc3)=C3/C=CC2=N3)cc1. The third-order valence-corrected chi connectivity index (χ3v) is 10.8. The summed E-state index contributed by atoms with van der Waals surface area (Å²) < 4.78 is 15.7. The lowest BCUT2D eigenvalue weighted by Crippen LogP contribution is -2.09. The average Bonchev–Trinajstić information content (AvgIpc) is 3.95. The maximum absolute atomic E-state index is 5.49. The van der Waals surface area contributed by atoms with Crippen LogP contribution in [0.2, 0.25) is 0 Å². The van der Waals surface area contributed by atoms with Crippen molar-refractivity contribution in [1.29, 1.82) is 0 Å². The maximum Gasteiger partial charge on any atom is 0.118 e. The molecule has 0 amide bonds. The van der Waals surface area contributed by atoms with Crippen LogP contribution in [-0.4, -0.2) is 24.9 Å². The summed E-state index contributed by atoms with van der Waals surface area (Å²) in [6.07, 6.45) is 8.71. The van der Waals surface area contributed by atoms with Crippen LogP contribution in [0.4, 0.5) is 0 Å². The minimum absolute atomic E-state index is 0.827. The lowest BCUT2D eigenvalue weighted by Gasteiger charge is -2.11. The molecule has 48 heavy (non-hydrogen) atoms. The van der Waals surface area contributed by atoms with Crippen LogP contribution in [0.15, 0.2) is 132 Å². The summed E-state index contributed by atoms with van der Waals surface area (Å²) in [7, 11) is 3.40. The third kappa shape index (κ3) is 5.70. The van der Waals surface area contributed by atoms with E-state index in [4.69, 9.17) is 14.5 Å². The Balaban J connectivity index is 1.43. The summed E-state index contributed by atoms with van der Waals surface area (Å²) >= 11 is 3.56. The minimum Gasteiger partial charge on any atom is -0.497 e. The van der Waals surface area contributed by atoms with Gasteiger partial charge in [0.25, 0.3) is 0 Å². The molecule has 2 aliphatic heterocycles. The van der Waals surface area contributed by atoms with Crippen molar-refractivity contribution in [3.8, 4) is 11.5 Å². The number of nitrogens with zero attached hydrogens (tertiary/aromatic N) is 1. The fraction of sp³-hybridized carbons (Fsp3) is 0.0714. The normalized spacial score (nSPS) is 19.1. The predicted octanol–water partition coefficient (Wildman–Crippen LogP) is 6.95. The van der Waals surface area contributed by atoms with E-state index in [9.17, 15) is 0 Å². The summed E-state index contributed by atoms with van der Waals surface area (Å²) in [6, 6.07) is 38.5. The summed E-state index contributed by atoms with van der Waals surface area (Å²) in [5.41, 5.74) is 11.7. The van der Waals surface area contributed by atoms with Gasteiger partial charge < -0.3 is 14.5 Å². The lowest BCUT2D eigenvalue weighted by molar-refractivity contribution is 0.414. The molecule has 3 aromatic carbocycles. The van der Waals surface area contributed by atoms with Crippen LogP contribution < -0.4 is 27.6 Å². The molecular formula is C42H32N2O2S2. The van der Waals surface area contributed by atoms with Crippen molar-refractivity contribution in [2.75, 3.05) is 14.2 Å². The Labute approximate surface area is 287 Å². The van der Waals surface area contributed by atoms with Gasteiger partial charge in [0, 0.05) is 46.2 Å². The van der Waals surface area contributed by atoms with Crippen molar-refractivity contribution in [3.05, 3.63) is 179 Å². The molecule has 0 fully saturated rings. The van der Waals surface area contributed by atoms with E-state index in [1.165, 1.54) is 19.2 Å². The number of hydrogen-bond donors (Lipinski definition) is 1. The number of fused-ring (bicyclic) bond motifs is 7. The number of aliphatic imine (C=N–C) groups is 1. The van der Waals surface area contributed by atoms with Gasteiger partial charge in [-0.3, -0.25) is 0 Å². The van der Waals surface area contributed by atoms with Gasteiger partial charge in [0.1, 0.15) is 11.5 Å². The van der Waals surface area contributed by atoms with Gasteiger partial charge in [-0.15, -0.1) is 22.7 Å². The highest BCUT2D eigenvalue weighted by Crippen LogP contribution is 2.34. The molecule has 0 saturated heterocycles. The first-order valence-electron chi connectivity index (χ1n) is 15.8. The average molecular weight is 661 g/mol. The van der Waals surface area contributed by atoms with Crippen LogP contribution in [-0.2, 0) is 0 Å². The highest BCUT2D eigenvalue weighted by Gasteiger charge is 2.20. The molecule has 1 N–H and O–H groups in total. The molecule has 2 aliphatic rings. The van der Waals surface area contributed by atoms with E-state index in [2.05, 4.69) is 121 Å². The van der Waals surface area contributed by atoms with Crippen LogP contribution in [0.25, 0.3) is 28.9 Å². The Kier molecular flexibility index (Phi) is 7.88. The first-order valence-corrected chi connectivity index (χ1v) is 17.4. The quantitative estimate of drug-likeness (QED) is 0.218. The Morgan fingerprint density at radius 3 is 1.60 bits per heavy atom. The van der Waals surface area contributed by atoms with Crippen LogP contribution in [0.1, 0.15) is 33.6 Å². The number of H-pyrrole nitrogens is 1. The molecule has 0 aliphatic carbocycles. The first kappa shape index (κ1) is 29.9. The number of nitrogens with one attached hydrogen (secondary N) is 1. The smallest absolute Gasteiger partial charge is 0.118 e.